The summed E-state index contributed by atoms with van der Waals surface area (Å²) in [6.07, 6.45) is 3.94. The number of halogens is 1. The third-order valence-corrected chi connectivity index (χ3v) is 2.23. The molecule has 1 rings (SSSR count). The van der Waals surface area contributed by atoms with E-state index < -0.39 is 6.08 Å². The van der Waals surface area contributed by atoms with Crippen molar-refractivity contribution in [2.24, 2.45) is 5.92 Å². The molecule has 0 amide bonds. The van der Waals surface area contributed by atoms with Crippen LogP contribution in [0.2, 0.25) is 0 Å². The van der Waals surface area contributed by atoms with Crippen molar-refractivity contribution in [1.29, 1.82) is 0 Å². The van der Waals surface area contributed by atoms with Gasteiger partial charge >= 0.3 is 6.08 Å². The van der Waals surface area contributed by atoms with E-state index in [1.54, 1.807) is 0 Å². The summed E-state index contributed by atoms with van der Waals surface area (Å²) < 4.78 is 14.0. The molecule has 1 atom stereocenters. The largest absolute Gasteiger partial charge is 0.307 e. The Hall–Kier alpha value is -1.26. The monoisotopic (exact) mass is 199 g/mol. The van der Waals surface area contributed by atoms with E-state index in [4.69, 9.17) is 0 Å². The highest BCUT2D eigenvalue weighted by Gasteiger charge is 2.06. The van der Waals surface area contributed by atoms with Crippen LogP contribution in [0.25, 0.3) is 0 Å². The molecule has 78 valence electrons. The van der Waals surface area contributed by atoms with Crippen molar-refractivity contribution >= 4 is 6.29 Å². The van der Waals surface area contributed by atoms with Crippen LogP contribution in [0, 0.1) is 12.0 Å². The number of aryl methyl sites for hydroxylation is 1. The standard InChI is InChI=1S/C9H14FN3O/c1-2-8(6-14)4-3-5-13-9(10)11-7-12-13/h6-8H,2-5H2,1H3. The molecule has 1 aromatic rings. The Bertz CT molecular complexity index is 287. The van der Waals surface area contributed by atoms with Gasteiger partial charge in [-0.15, -0.1) is 0 Å². The molecule has 0 saturated heterocycles. The molecule has 0 fully saturated rings. The lowest BCUT2D eigenvalue weighted by Gasteiger charge is -2.06. The van der Waals surface area contributed by atoms with Crippen molar-refractivity contribution in [3.05, 3.63) is 12.4 Å². The lowest BCUT2D eigenvalue weighted by molar-refractivity contribution is -0.111. The van der Waals surface area contributed by atoms with Crippen molar-refractivity contribution in [3.63, 3.8) is 0 Å². The predicted molar refractivity (Wildman–Crippen MR) is 49.1 cm³/mol. The quantitative estimate of drug-likeness (QED) is 0.651. The molecule has 1 unspecified atom stereocenters. The second-order valence-electron chi connectivity index (χ2n) is 3.20. The molecule has 0 aliphatic heterocycles. The number of rotatable bonds is 6. The van der Waals surface area contributed by atoms with Gasteiger partial charge < -0.3 is 4.79 Å². The van der Waals surface area contributed by atoms with Crippen molar-refractivity contribution in [3.8, 4) is 0 Å². The van der Waals surface area contributed by atoms with Crippen molar-refractivity contribution in [2.45, 2.75) is 32.7 Å². The van der Waals surface area contributed by atoms with Crippen molar-refractivity contribution in [1.82, 2.24) is 14.8 Å². The number of hydrogen-bond donors (Lipinski definition) is 0. The topological polar surface area (TPSA) is 47.8 Å². The van der Waals surface area contributed by atoms with E-state index in [1.165, 1.54) is 11.0 Å². The summed E-state index contributed by atoms with van der Waals surface area (Å²) in [4.78, 5) is 13.9. The minimum Gasteiger partial charge on any atom is -0.303 e. The van der Waals surface area contributed by atoms with Crippen LogP contribution in [0.4, 0.5) is 4.39 Å². The van der Waals surface area contributed by atoms with Gasteiger partial charge in [0.05, 0.1) is 0 Å². The molecule has 1 aromatic heterocycles. The summed E-state index contributed by atoms with van der Waals surface area (Å²) >= 11 is 0. The molecule has 0 radical (unpaired) electrons. The first-order valence-electron chi connectivity index (χ1n) is 4.76. The molecule has 1 heterocycles. The van der Waals surface area contributed by atoms with Crippen LogP contribution < -0.4 is 0 Å². The average Bonchev–Trinajstić information content (AvgIpc) is 2.59. The number of aldehydes is 1. The molecule has 0 spiro atoms. The Labute approximate surface area is 82.1 Å². The lowest BCUT2D eigenvalue weighted by Crippen LogP contribution is -2.07. The van der Waals surface area contributed by atoms with Gasteiger partial charge in [-0.05, 0) is 19.3 Å². The first-order chi connectivity index (χ1) is 6.77. The molecule has 14 heavy (non-hydrogen) atoms. The normalized spacial score (nSPS) is 12.7. The molecule has 5 heteroatoms. The molecule has 0 saturated carbocycles. The van der Waals surface area contributed by atoms with E-state index in [2.05, 4.69) is 10.1 Å². The SMILES string of the molecule is CCC(C=O)CCCn1ncnc1F. The van der Waals surface area contributed by atoms with E-state index in [1.807, 2.05) is 6.92 Å². The number of carbonyl (C=O) groups excluding carboxylic acids is 1. The summed E-state index contributed by atoms with van der Waals surface area (Å²) in [5.74, 6) is 0.0848. The maximum absolute atomic E-state index is 12.8. The molecular weight excluding hydrogens is 185 g/mol. The van der Waals surface area contributed by atoms with Crippen LogP contribution in [0.5, 0.6) is 0 Å². The summed E-state index contributed by atoms with van der Waals surface area (Å²) in [5, 5.41) is 3.71. The second-order valence-corrected chi connectivity index (χ2v) is 3.20. The summed E-state index contributed by atoms with van der Waals surface area (Å²) in [5.41, 5.74) is 0. The third kappa shape index (κ3) is 2.90. The fraction of sp³-hybridized carbons (Fsp3) is 0.667. The number of carbonyl (C=O) groups is 1. The van der Waals surface area contributed by atoms with Crippen LogP contribution in [0.1, 0.15) is 26.2 Å². The average molecular weight is 199 g/mol. The summed E-state index contributed by atoms with van der Waals surface area (Å²) in [6, 6.07) is 0. The highest BCUT2D eigenvalue weighted by atomic mass is 19.1. The van der Waals surface area contributed by atoms with E-state index in [0.29, 0.717) is 6.54 Å². The van der Waals surface area contributed by atoms with Gasteiger partial charge in [-0.3, -0.25) is 0 Å². The number of aromatic nitrogens is 3. The highest BCUT2D eigenvalue weighted by Crippen LogP contribution is 2.08. The fourth-order valence-electron chi connectivity index (χ4n) is 1.27. The van der Waals surface area contributed by atoms with E-state index in [9.17, 15) is 9.18 Å². The number of hydrogen-bond acceptors (Lipinski definition) is 3. The van der Waals surface area contributed by atoms with Crippen LogP contribution in [0.15, 0.2) is 6.33 Å². The molecule has 4 nitrogen and oxygen atoms in total. The molecule has 0 aromatic carbocycles. The van der Waals surface area contributed by atoms with Gasteiger partial charge in [-0.1, -0.05) is 6.92 Å². The lowest BCUT2D eigenvalue weighted by atomic mass is 10.0. The van der Waals surface area contributed by atoms with Crippen LogP contribution >= 0.6 is 0 Å². The maximum Gasteiger partial charge on any atom is 0.307 e. The zero-order chi connectivity index (χ0) is 10.4. The smallest absolute Gasteiger partial charge is 0.303 e. The highest BCUT2D eigenvalue weighted by molar-refractivity contribution is 5.53. The van der Waals surface area contributed by atoms with Gasteiger partial charge in [0.25, 0.3) is 0 Å². The van der Waals surface area contributed by atoms with Gasteiger partial charge in [0.1, 0.15) is 12.6 Å². The van der Waals surface area contributed by atoms with Crippen molar-refractivity contribution < 1.29 is 9.18 Å². The minimum absolute atomic E-state index is 0.0848. The summed E-state index contributed by atoms with van der Waals surface area (Å²) in [7, 11) is 0. The van der Waals surface area contributed by atoms with E-state index in [-0.39, 0.29) is 5.92 Å². The minimum atomic E-state index is -0.566. The Balaban J connectivity index is 2.28. The van der Waals surface area contributed by atoms with Gasteiger partial charge in [0.2, 0.25) is 0 Å². The Morgan fingerprint density at radius 3 is 3.00 bits per heavy atom. The first-order valence-corrected chi connectivity index (χ1v) is 4.76. The van der Waals surface area contributed by atoms with Gasteiger partial charge in [0.15, 0.2) is 0 Å². The maximum atomic E-state index is 12.8. The second kappa shape index (κ2) is 5.47. The van der Waals surface area contributed by atoms with Crippen LogP contribution in [0.3, 0.4) is 0 Å². The van der Waals surface area contributed by atoms with E-state index >= 15 is 0 Å². The summed E-state index contributed by atoms with van der Waals surface area (Å²) in [6.45, 7) is 2.45. The van der Waals surface area contributed by atoms with Crippen molar-refractivity contribution in [2.75, 3.05) is 0 Å². The Morgan fingerprint density at radius 1 is 1.71 bits per heavy atom. The number of nitrogens with zero attached hydrogens (tertiary/aromatic N) is 3. The van der Waals surface area contributed by atoms with Crippen LogP contribution in [-0.4, -0.2) is 21.1 Å². The van der Waals surface area contributed by atoms with Gasteiger partial charge in [-0.25, -0.2) is 4.68 Å². The first kappa shape index (κ1) is 10.8. The molecule has 0 bridgehead atoms. The zero-order valence-electron chi connectivity index (χ0n) is 8.19. The Morgan fingerprint density at radius 2 is 2.50 bits per heavy atom. The molecule has 0 aliphatic carbocycles. The predicted octanol–water partition coefficient (Wildman–Crippen LogP) is 1.42. The van der Waals surface area contributed by atoms with Gasteiger partial charge in [0, 0.05) is 12.5 Å². The fourth-order valence-corrected chi connectivity index (χ4v) is 1.27. The molecule has 0 aliphatic rings. The van der Waals surface area contributed by atoms with E-state index in [0.717, 1.165) is 25.5 Å². The van der Waals surface area contributed by atoms with Crippen LogP contribution in [-0.2, 0) is 11.3 Å². The third-order valence-electron chi connectivity index (χ3n) is 2.23. The van der Waals surface area contributed by atoms with Gasteiger partial charge in [-0.2, -0.15) is 14.5 Å². The molecule has 0 N–H and O–H groups in total. The Kier molecular flexibility index (Phi) is 4.22. The zero-order valence-corrected chi connectivity index (χ0v) is 8.19. The molecular formula is C9H14FN3O.